The van der Waals surface area contributed by atoms with Crippen LogP contribution in [0.2, 0.25) is 5.02 Å². The number of hydrogen-bond donors (Lipinski definition) is 2. The van der Waals surface area contributed by atoms with Crippen molar-refractivity contribution in [1.29, 1.82) is 0 Å². The second kappa shape index (κ2) is 9.63. The molecule has 4 rings (SSSR count). The van der Waals surface area contributed by atoms with Crippen molar-refractivity contribution < 1.29 is 31.9 Å². The lowest BCUT2D eigenvalue weighted by Crippen LogP contribution is -2.33. The molecule has 0 bridgehead atoms. The highest BCUT2D eigenvalue weighted by Gasteiger charge is 2.40. The number of alkyl halides is 3. The number of carbonyl (C=O) groups is 3. The van der Waals surface area contributed by atoms with E-state index < -0.39 is 40.3 Å². The van der Waals surface area contributed by atoms with E-state index in [-0.39, 0.29) is 33.3 Å². The van der Waals surface area contributed by atoms with Crippen LogP contribution in [0.4, 0.5) is 34.6 Å². The van der Waals surface area contributed by atoms with E-state index in [0.29, 0.717) is 11.0 Å². The third kappa shape index (κ3) is 4.91. The molecule has 0 spiro atoms. The molecule has 0 saturated carbocycles. The van der Waals surface area contributed by atoms with Gasteiger partial charge in [-0.1, -0.05) is 35.3 Å². The van der Waals surface area contributed by atoms with Crippen LogP contribution in [-0.4, -0.2) is 17.7 Å². The lowest BCUT2D eigenvalue weighted by molar-refractivity contribution is -0.137. The second-order valence-electron chi connectivity index (χ2n) is 7.43. The van der Waals surface area contributed by atoms with Crippen LogP contribution in [-0.2, 0) is 15.8 Å². The molecular formula is C24H13Cl2F4N3O3. The van der Waals surface area contributed by atoms with Gasteiger partial charge >= 0.3 is 6.18 Å². The number of carbonyl (C=O) groups excluding carboxylic acids is 3. The molecule has 0 saturated heterocycles. The Bertz CT molecular complexity index is 1420. The van der Waals surface area contributed by atoms with Crippen molar-refractivity contribution in [3.05, 3.63) is 99.4 Å². The fourth-order valence-corrected chi connectivity index (χ4v) is 3.68. The Morgan fingerprint density at radius 1 is 0.889 bits per heavy atom. The molecule has 0 radical (unpaired) electrons. The van der Waals surface area contributed by atoms with E-state index in [9.17, 15) is 31.9 Å². The Labute approximate surface area is 211 Å². The summed E-state index contributed by atoms with van der Waals surface area (Å²) < 4.78 is 53.0. The lowest BCUT2D eigenvalue weighted by atomic mass is 10.1. The molecule has 1 aliphatic heterocycles. The molecular weight excluding hydrogens is 525 g/mol. The average molecular weight is 538 g/mol. The summed E-state index contributed by atoms with van der Waals surface area (Å²) in [5, 5.41) is 4.45. The number of para-hydroxylation sites is 1. The Morgan fingerprint density at radius 2 is 1.56 bits per heavy atom. The molecule has 2 N–H and O–H groups in total. The molecule has 1 heterocycles. The average Bonchev–Trinajstić information content (AvgIpc) is 3.03. The van der Waals surface area contributed by atoms with Gasteiger partial charge in [0.15, 0.2) is 0 Å². The van der Waals surface area contributed by atoms with Crippen LogP contribution in [0.1, 0.15) is 15.9 Å². The van der Waals surface area contributed by atoms with E-state index in [1.54, 1.807) is 0 Å². The molecule has 0 unspecified atom stereocenters. The van der Waals surface area contributed by atoms with Gasteiger partial charge in [-0.2, -0.15) is 13.2 Å². The number of halogens is 6. The van der Waals surface area contributed by atoms with Crippen LogP contribution in [0.25, 0.3) is 0 Å². The minimum absolute atomic E-state index is 0.0657. The minimum atomic E-state index is -4.62. The summed E-state index contributed by atoms with van der Waals surface area (Å²) in [6.45, 7) is 0. The van der Waals surface area contributed by atoms with Crippen molar-refractivity contribution in [2.75, 3.05) is 15.5 Å². The highest BCUT2D eigenvalue weighted by Crippen LogP contribution is 2.34. The van der Waals surface area contributed by atoms with Crippen molar-refractivity contribution >= 4 is 58.0 Å². The van der Waals surface area contributed by atoms with Crippen LogP contribution >= 0.6 is 23.2 Å². The van der Waals surface area contributed by atoms with Crippen molar-refractivity contribution in [3.8, 4) is 0 Å². The van der Waals surface area contributed by atoms with Gasteiger partial charge in [-0.05, 0) is 54.6 Å². The monoisotopic (exact) mass is 537 g/mol. The maximum atomic E-state index is 14.1. The molecule has 6 nitrogen and oxygen atoms in total. The zero-order valence-electron chi connectivity index (χ0n) is 17.8. The van der Waals surface area contributed by atoms with Crippen molar-refractivity contribution in [2.45, 2.75) is 6.18 Å². The number of anilines is 3. The van der Waals surface area contributed by atoms with Gasteiger partial charge in [0, 0.05) is 11.3 Å². The zero-order chi connectivity index (χ0) is 26.2. The number of rotatable bonds is 5. The summed E-state index contributed by atoms with van der Waals surface area (Å²) in [5.74, 6) is -3.32. The topological polar surface area (TPSA) is 78.5 Å². The zero-order valence-corrected chi connectivity index (χ0v) is 19.3. The molecule has 36 heavy (non-hydrogen) atoms. The van der Waals surface area contributed by atoms with Gasteiger partial charge in [-0.25, -0.2) is 9.29 Å². The van der Waals surface area contributed by atoms with E-state index in [1.165, 1.54) is 42.5 Å². The van der Waals surface area contributed by atoms with Crippen molar-refractivity contribution in [1.82, 2.24) is 0 Å². The third-order valence-electron chi connectivity index (χ3n) is 5.08. The smallest absolute Gasteiger partial charge is 0.350 e. The minimum Gasteiger partial charge on any atom is -0.350 e. The predicted octanol–water partition coefficient (Wildman–Crippen LogP) is 6.19. The van der Waals surface area contributed by atoms with E-state index >= 15 is 0 Å². The molecule has 184 valence electrons. The van der Waals surface area contributed by atoms with Crippen LogP contribution in [0.5, 0.6) is 0 Å². The number of hydrogen-bond acceptors (Lipinski definition) is 4. The molecule has 0 aromatic heterocycles. The summed E-state index contributed by atoms with van der Waals surface area (Å²) in [7, 11) is 0. The van der Waals surface area contributed by atoms with Gasteiger partial charge in [0.25, 0.3) is 17.7 Å². The lowest BCUT2D eigenvalue weighted by Gasteiger charge is -2.15. The quantitative estimate of drug-likeness (QED) is 0.300. The van der Waals surface area contributed by atoms with Crippen LogP contribution in [0.15, 0.2) is 77.5 Å². The maximum Gasteiger partial charge on any atom is 0.416 e. The number of benzene rings is 3. The molecule has 1 aliphatic rings. The molecule has 3 aromatic rings. The van der Waals surface area contributed by atoms with Crippen LogP contribution < -0.4 is 15.5 Å². The highest BCUT2D eigenvalue weighted by molar-refractivity contribution is 6.53. The number of imide groups is 1. The van der Waals surface area contributed by atoms with Crippen molar-refractivity contribution in [2.24, 2.45) is 0 Å². The first-order valence-corrected chi connectivity index (χ1v) is 10.8. The Hall–Kier alpha value is -3.89. The molecule has 0 atom stereocenters. The van der Waals surface area contributed by atoms with Gasteiger partial charge < -0.3 is 10.6 Å². The maximum absolute atomic E-state index is 14.1. The molecule has 3 aromatic carbocycles. The van der Waals surface area contributed by atoms with E-state index in [4.69, 9.17) is 23.2 Å². The SMILES string of the molecule is O=C(Nc1cc(C(F)(F)F)ccc1Cl)c1ccc(NC2=C(Cl)C(=O)N(c3ccccc3F)C2=O)cc1. The van der Waals surface area contributed by atoms with E-state index in [2.05, 4.69) is 10.6 Å². The number of amides is 3. The van der Waals surface area contributed by atoms with Gasteiger partial charge in [0.1, 0.15) is 16.5 Å². The fourth-order valence-electron chi connectivity index (χ4n) is 3.30. The Balaban J connectivity index is 1.50. The molecule has 12 heteroatoms. The van der Waals surface area contributed by atoms with E-state index in [0.717, 1.165) is 18.2 Å². The summed E-state index contributed by atoms with van der Waals surface area (Å²) >= 11 is 11.9. The first-order chi connectivity index (χ1) is 17.0. The summed E-state index contributed by atoms with van der Waals surface area (Å²) in [5.41, 5.74) is -1.43. The van der Waals surface area contributed by atoms with Gasteiger partial charge in [0.05, 0.1) is 22.0 Å². The summed E-state index contributed by atoms with van der Waals surface area (Å²) in [4.78, 5) is 38.4. The van der Waals surface area contributed by atoms with Gasteiger partial charge in [-0.3, -0.25) is 14.4 Å². The van der Waals surface area contributed by atoms with E-state index in [1.807, 2.05) is 0 Å². The van der Waals surface area contributed by atoms with Gasteiger partial charge in [-0.15, -0.1) is 0 Å². The molecule has 3 amide bonds. The normalized spacial score (nSPS) is 13.9. The third-order valence-corrected chi connectivity index (χ3v) is 5.76. The molecule has 0 aliphatic carbocycles. The number of nitrogens with one attached hydrogen (secondary N) is 2. The van der Waals surface area contributed by atoms with Crippen LogP contribution in [0, 0.1) is 5.82 Å². The Morgan fingerprint density at radius 3 is 2.19 bits per heavy atom. The van der Waals surface area contributed by atoms with Crippen LogP contribution in [0.3, 0.4) is 0 Å². The first kappa shape index (κ1) is 25.2. The molecule has 0 fully saturated rings. The number of nitrogens with zero attached hydrogens (tertiary/aromatic N) is 1. The first-order valence-electron chi connectivity index (χ1n) is 10.1. The predicted molar refractivity (Wildman–Crippen MR) is 126 cm³/mol. The Kier molecular flexibility index (Phi) is 6.75. The summed E-state index contributed by atoms with van der Waals surface area (Å²) in [6, 6.07) is 13.1. The highest BCUT2D eigenvalue weighted by atomic mass is 35.5. The standard InChI is InChI=1S/C24H13Cl2F4N3O3/c25-15-10-7-13(24(28,29)30)11-17(15)32-21(34)12-5-8-14(9-6-12)31-20-19(26)22(35)33(23(20)36)18-4-2-1-3-16(18)27/h1-11,31H,(H,32,34). The summed E-state index contributed by atoms with van der Waals surface area (Å²) in [6.07, 6.45) is -4.62. The largest absolute Gasteiger partial charge is 0.416 e. The fraction of sp³-hybridized carbons (Fsp3) is 0.0417. The van der Waals surface area contributed by atoms with Gasteiger partial charge in [0.2, 0.25) is 0 Å². The second-order valence-corrected chi connectivity index (χ2v) is 8.22. The van der Waals surface area contributed by atoms with Crippen molar-refractivity contribution in [3.63, 3.8) is 0 Å².